The Bertz CT molecular complexity index is 737. The molecule has 0 fully saturated rings. The molecule has 122 valence electrons. The minimum Gasteiger partial charge on any atom is -0.274 e. The molecule has 2 bridgehead atoms. The highest BCUT2D eigenvalue weighted by molar-refractivity contribution is 6.21. The molecule has 0 aromatic heterocycles. The lowest BCUT2D eigenvalue weighted by molar-refractivity contribution is 0.0652. The number of imide groups is 1. The predicted molar refractivity (Wildman–Crippen MR) is 93.6 cm³/mol. The number of unbranched alkanes of at least 4 members (excludes halogenated alkanes) is 1. The summed E-state index contributed by atoms with van der Waals surface area (Å²) in [4.78, 5) is 26.0. The van der Waals surface area contributed by atoms with Gasteiger partial charge in [0.2, 0.25) is 0 Å². The van der Waals surface area contributed by atoms with Gasteiger partial charge in [0.15, 0.2) is 0 Å². The summed E-state index contributed by atoms with van der Waals surface area (Å²) in [5.41, 5.74) is 2.61. The number of carbonyl (C=O) groups is 2. The van der Waals surface area contributed by atoms with Crippen LogP contribution in [0.3, 0.4) is 0 Å². The zero-order chi connectivity index (χ0) is 16.5. The number of hydrogen-bond donors (Lipinski definition) is 0. The summed E-state index contributed by atoms with van der Waals surface area (Å²) in [6, 6.07) is 7.09. The third kappa shape index (κ3) is 2.64. The fourth-order valence-electron chi connectivity index (χ4n) is 3.96. The molecule has 4 rings (SSSR count). The van der Waals surface area contributed by atoms with Crippen molar-refractivity contribution in [2.45, 2.75) is 25.7 Å². The van der Waals surface area contributed by atoms with Crippen molar-refractivity contribution in [1.29, 1.82) is 0 Å². The molecule has 1 aliphatic heterocycles. The number of allylic oxidation sites excluding steroid dienone is 6. The van der Waals surface area contributed by atoms with Gasteiger partial charge in [-0.3, -0.25) is 14.5 Å². The van der Waals surface area contributed by atoms with E-state index in [1.165, 1.54) is 16.9 Å². The summed E-state index contributed by atoms with van der Waals surface area (Å²) >= 11 is 0. The molecule has 0 saturated heterocycles. The summed E-state index contributed by atoms with van der Waals surface area (Å²) < 4.78 is 0. The van der Waals surface area contributed by atoms with Gasteiger partial charge in [-0.25, -0.2) is 0 Å². The Morgan fingerprint density at radius 2 is 1.67 bits per heavy atom. The van der Waals surface area contributed by atoms with Crippen molar-refractivity contribution in [3.63, 3.8) is 0 Å². The summed E-state index contributed by atoms with van der Waals surface area (Å²) in [5.74, 6) is 0.868. The van der Waals surface area contributed by atoms with Crippen LogP contribution in [0.4, 0.5) is 0 Å². The lowest BCUT2D eigenvalue weighted by Crippen LogP contribution is -2.30. The SMILES string of the molecule is O=C1c2ccccc2C(=O)N1CCCCC1=CC2C=CC=CC1C2. The third-order valence-corrected chi connectivity index (χ3v) is 5.22. The Morgan fingerprint density at radius 3 is 2.42 bits per heavy atom. The van der Waals surface area contributed by atoms with Gasteiger partial charge in [-0.1, -0.05) is 48.1 Å². The number of rotatable bonds is 5. The van der Waals surface area contributed by atoms with Crippen LogP contribution in [0.1, 0.15) is 46.4 Å². The lowest BCUT2D eigenvalue weighted by Gasteiger charge is -2.14. The van der Waals surface area contributed by atoms with Gasteiger partial charge in [0.25, 0.3) is 11.8 Å². The van der Waals surface area contributed by atoms with Crippen molar-refractivity contribution in [3.05, 3.63) is 71.3 Å². The molecule has 2 unspecified atom stereocenters. The zero-order valence-electron chi connectivity index (χ0n) is 13.7. The number of fused-ring (bicyclic) bond motifs is 3. The van der Waals surface area contributed by atoms with E-state index in [0.29, 0.717) is 29.5 Å². The van der Waals surface area contributed by atoms with Gasteiger partial charge < -0.3 is 0 Å². The van der Waals surface area contributed by atoms with E-state index in [4.69, 9.17) is 0 Å². The van der Waals surface area contributed by atoms with Gasteiger partial charge in [-0.15, -0.1) is 0 Å². The van der Waals surface area contributed by atoms with Crippen LogP contribution < -0.4 is 0 Å². The molecule has 0 spiro atoms. The van der Waals surface area contributed by atoms with Gasteiger partial charge in [0, 0.05) is 6.54 Å². The maximum absolute atomic E-state index is 12.3. The highest BCUT2D eigenvalue weighted by Gasteiger charge is 2.34. The van der Waals surface area contributed by atoms with Gasteiger partial charge >= 0.3 is 0 Å². The van der Waals surface area contributed by atoms with E-state index in [2.05, 4.69) is 30.4 Å². The fraction of sp³-hybridized carbons (Fsp3) is 0.333. The fourth-order valence-corrected chi connectivity index (χ4v) is 3.96. The molecule has 2 amide bonds. The van der Waals surface area contributed by atoms with Crippen LogP contribution in [-0.4, -0.2) is 23.3 Å². The molecule has 1 aromatic rings. The van der Waals surface area contributed by atoms with E-state index in [9.17, 15) is 9.59 Å². The van der Waals surface area contributed by atoms with Crippen molar-refractivity contribution in [2.75, 3.05) is 6.54 Å². The third-order valence-electron chi connectivity index (χ3n) is 5.22. The minimum atomic E-state index is -0.143. The summed E-state index contributed by atoms with van der Waals surface area (Å²) in [5, 5.41) is 0. The summed E-state index contributed by atoms with van der Waals surface area (Å²) in [6.07, 6.45) is 15.4. The van der Waals surface area contributed by atoms with E-state index >= 15 is 0 Å². The molecule has 0 radical (unpaired) electrons. The normalized spacial score (nSPS) is 24.3. The second-order valence-electron chi connectivity index (χ2n) is 6.78. The van der Waals surface area contributed by atoms with Crippen molar-refractivity contribution in [1.82, 2.24) is 4.90 Å². The number of nitrogens with zero attached hydrogens (tertiary/aromatic N) is 1. The molecule has 1 heterocycles. The monoisotopic (exact) mass is 319 g/mol. The quantitative estimate of drug-likeness (QED) is 0.465. The predicted octanol–water partition coefficient (Wildman–Crippen LogP) is 4.14. The minimum absolute atomic E-state index is 0.143. The largest absolute Gasteiger partial charge is 0.274 e. The first-order valence-corrected chi connectivity index (χ1v) is 8.75. The Morgan fingerprint density at radius 1 is 0.958 bits per heavy atom. The summed E-state index contributed by atoms with van der Waals surface area (Å²) in [6.45, 7) is 0.517. The van der Waals surface area contributed by atoms with E-state index < -0.39 is 0 Å². The van der Waals surface area contributed by atoms with Gasteiger partial charge in [0.1, 0.15) is 0 Å². The topological polar surface area (TPSA) is 37.4 Å². The van der Waals surface area contributed by atoms with Crippen LogP contribution in [0.15, 0.2) is 60.2 Å². The second-order valence-corrected chi connectivity index (χ2v) is 6.78. The van der Waals surface area contributed by atoms with Crippen LogP contribution in [0.5, 0.6) is 0 Å². The first-order valence-electron chi connectivity index (χ1n) is 8.75. The molecule has 3 heteroatoms. The van der Waals surface area contributed by atoms with Gasteiger partial charge in [-0.05, 0) is 49.7 Å². The second kappa shape index (κ2) is 6.23. The van der Waals surface area contributed by atoms with Gasteiger partial charge in [0.05, 0.1) is 11.1 Å². The molecule has 3 nitrogen and oxygen atoms in total. The maximum atomic E-state index is 12.3. The Labute approximate surface area is 142 Å². The first-order chi connectivity index (χ1) is 11.7. The molecule has 2 aliphatic carbocycles. The van der Waals surface area contributed by atoms with Gasteiger partial charge in [-0.2, -0.15) is 0 Å². The lowest BCUT2D eigenvalue weighted by atomic mass is 9.96. The average molecular weight is 319 g/mol. The number of benzene rings is 1. The Balaban J connectivity index is 1.31. The van der Waals surface area contributed by atoms with Crippen molar-refractivity contribution in [2.24, 2.45) is 11.8 Å². The van der Waals surface area contributed by atoms with Crippen molar-refractivity contribution >= 4 is 11.8 Å². The van der Waals surface area contributed by atoms with Crippen LogP contribution >= 0.6 is 0 Å². The highest BCUT2D eigenvalue weighted by atomic mass is 16.2. The maximum Gasteiger partial charge on any atom is 0.261 e. The van der Waals surface area contributed by atoms with E-state index in [1.807, 2.05) is 12.1 Å². The molecular formula is C21H21NO2. The van der Waals surface area contributed by atoms with E-state index in [-0.39, 0.29) is 11.8 Å². The van der Waals surface area contributed by atoms with Crippen LogP contribution in [0.2, 0.25) is 0 Å². The van der Waals surface area contributed by atoms with E-state index in [0.717, 1.165) is 19.3 Å². The summed E-state index contributed by atoms with van der Waals surface area (Å²) in [7, 11) is 0. The van der Waals surface area contributed by atoms with Crippen molar-refractivity contribution in [3.8, 4) is 0 Å². The standard InChI is InChI=1S/C21H21NO2/c23-20-18-10-3-4-11-19(18)21(24)22(20)12-6-5-9-17-14-15-7-1-2-8-16(17)13-15/h1-4,7-8,10-11,14-16H,5-6,9,12-13H2. The Kier molecular flexibility index (Phi) is 3.93. The zero-order valence-corrected chi connectivity index (χ0v) is 13.7. The molecule has 0 N–H and O–H groups in total. The molecule has 0 saturated carbocycles. The molecule has 2 atom stereocenters. The van der Waals surface area contributed by atoms with Crippen molar-refractivity contribution < 1.29 is 9.59 Å². The molecular weight excluding hydrogens is 298 g/mol. The van der Waals surface area contributed by atoms with Crippen LogP contribution in [0.25, 0.3) is 0 Å². The first kappa shape index (κ1) is 15.1. The number of carbonyl (C=O) groups excluding carboxylic acids is 2. The molecule has 3 aliphatic rings. The molecule has 1 aromatic carbocycles. The highest BCUT2D eigenvalue weighted by Crippen LogP contribution is 2.36. The number of amides is 2. The number of hydrogen-bond acceptors (Lipinski definition) is 2. The Hall–Kier alpha value is -2.42. The molecule has 24 heavy (non-hydrogen) atoms. The van der Waals surface area contributed by atoms with E-state index in [1.54, 1.807) is 12.1 Å². The van der Waals surface area contributed by atoms with Crippen LogP contribution in [0, 0.1) is 11.8 Å². The smallest absolute Gasteiger partial charge is 0.261 e. The average Bonchev–Trinajstić information content (AvgIpc) is 2.96. The van der Waals surface area contributed by atoms with Crippen LogP contribution in [-0.2, 0) is 0 Å².